The minimum absolute atomic E-state index is 0. The van der Waals surface area contributed by atoms with Gasteiger partial charge in [0.25, 0.3) is 0 Å². The molecule has 2 N–H and O–H groups in total. The second-order valence-electron chi connectivity index (χ2n) is 7.25. The van der Waals surface area contributed by atoms with E-state index in [0.717, 1.165) is 54.1 Å². The fourth-order valence-electron chi connectivity index (χ4n) is 3.53. The van der Waals surface area contributed by atoms with Gasteiger partial charge in [0.2, 0.25) is 0 Å². The van der Waals surface area contributed by atoms with Crippen LogP contribution in [0.3, 0.4) is 0 Å². The van der Waals surface area contributed by atoms with Crippen molar-refractivity contribution in [3.63, 3.8) is 0 Å². The molecule has 0 spiro atoms. The summed E-state index contributed by atoms with van der Waals surface area (Å²) in [6.07, 6.45) is 8.27. The molecule has 1 aliphatic heterocycles. The summed E-state index contributed by atoms with van der Waals surface area (Å²) < 4.78 is 1.88. The molecule has 31 heavy (non-hydrogen) atoms. The van der Waals surface area contributed by atoms with E-state index >= 15 is 0 Å². The van der Waals surface area contributed by atoms with Gasteiger partial charge in [0.1, 0.15) is 12.1 Å². The van der Waals surface area contributed by atoms with Gasteiger partial charge in [-0.2, -0.15) is 0 Å². The number of aromatic nitrogens is 3. The van der Waals surface area contributed by atoms with Gasteiger partial charge in [0, 0.05) is 55.0 Å². The van der Waals surface area contributed by atoms with Crippen molar-refractivity contribution in [2.24, 2.45) is 4.99 Å². The summed E-state index contributed by atoms with van der Waals surface area (Å²) in [5.74, 6) is 1.67. The summed E-state index contributed by atoms with van der Waals surface area (Å²) in [5.41, 5.74) is 2.22. The summed E-state index contributed by atoms with van der Waals surface area (Å²) in [4.78, 5) is 15.6. The fraction of sp³-hybridized carbons (Fsp3) is 0.318. The number of rotatable bonds is 6. The number of hydrogen-bond donors (Lipinski definition) is 2. The molecule has 164 valence electrons. The molecular formula is C22H27ClIN7. The lowest BCUT2D eigenvalue weighted by Crippen LogP contribution is -2.44. The quantitative estimate of drug-likeness (QED) is 0.277. The summed E-state index contributed by atoms with van der Waals surface area (Å²) in [6, 6.07) is 12.4. The Bertz CT molecular complexity index is 976. The first-order chi connectivity index (χ1) is 14.7. The van der Waals surface area contributed by atoms with Gasteiger partial charge in [-0.15, -0.1) is 24.0 Å². The van der Waals surface area contributed by atoms with Crippen LogP contribution in [0.25, 0.3) is 5.82 Å². The largest absolute Gasteiger partial charge is 0.369 e. The molecule has 7 nitrogen and oxygen atoms in total. The zero-order valence-electron chi connectivity index (χ0n) is 17.4. The Hall–Kier alpha value is -2.33. The number of imidazole rings is 1. The van der Waals surface area contributed by atoms with Crippen LogP contribution in [0.5, 0.6) is 0 Å². The minimum atomic E-state index is 0. The molecule has 0 bridgehead atoms. The van der Waals surface area contributed by atoms with Crippen molar-refractivity contribution < 1.29 is 0 Å². The number of benzene rings is 1. The highest BCUT2D eigenvalue weighted by Gasteiger charge is 2.23. The molecular weight excluding hydrogens is 525 g/mol. The molecule has 3 heterocycles. The van der Waals surface area contributed by atoms with Gasteiger partial charge in [0.15, 0.2) is 5.96 Å². The van der Waals surface area contributed by atoms with Crippen molar-refractivity contribution in [3.05, 3.63) is 71.9 Å². The Morgan fingerprint density at radius 2 is 2.19 bits per heavy atom. The second-order valence-corrected chi connectivity index (χ2v) is 7.68. The van der Waals surface area contributed by atoms with E-state index in [-0.39, 0.29) is 24.0 Å². The highest BCUT2D eigenvalue weighted by atomic mass is 127. The normalized spacial score (nSPS) is 16.1. The standard InChI is InChI=1S/C22H26ClN7.HI/c1-2-25-22(27-14-17-6-7-21(26-13-17)30-11-9-24-16-30)28-19-8-10-29(15-19)20-5-3-4-18(23)12-20;/h3-7,9,11-13,16,19H,2,8,10,14-15H2,1H3,(H2,25,27,28);1H. The highest BCUT2D eigenvalue weighted by molar-refractivity contribution is 14.0. The number of anilines is 1. The molecule has 0 amide bonds. The average Bonchev–Trinajstić information content (AvgIpc) is 3.45. The Kier molecular flexibility index (Phi) is 8.53. The predicted octanol–water partition coefficient (Wildman–Crippen LogP) is 3.87. The molecule has 1 aromatic carbocycles. The van der Waals surface area contributed by atoms with Crippen molar-refractivity contribution in [1.29, 1.82) is 0 Å². The maximum Gasteiger partial charge on any atom is 0.191 e. The summed E-state index contributed by atoms with van der Waals surface area (Å²) in [7, 11) is 0. The van der Waals surface area contributed by atoms with Crippen LogP contribution in [-0.2, 0) is 6.54 Å². The monoisotopic (exact) mass is 551 g/mol. The van der Waals surface area contributed by atoms with Gasteiger partial charge in [-0.05, 0) is 43.2 Å². The Morgan fingerprint density at radius 3 is 2.90 bits per heavy atom. The maximum absolute atomic E-state index is 6.14. The zero-order chi connectivity index (χ0) is 20.8. The van der Waals surface area contributed by atoms with Crippen molar-refractivity contribution in [3.8, 4) is 5.82 Å². The van der Waals surface area contributed by atoms with Crippen LogP contribution in [0.1, 0.15) is 18.9 Å². The molecule has 9 heteroatoms. The van der Waals surface area contributed by atoms with E-state index in [9.17, 15) is 0 Å². The molecule has 2 aromatic heterocycles. The lowest BCUT2D eigenvalue weighted by molar-refractivity contribution is 0.649. The first-order valence-corrected chi connectivity index (χ1v) is 10.6. The van der Waals surface area contributed by atoms with Gasteiger partial charge < -0.3 is 15.5 Å². The van der Waals surface area contributed by atoms with Gasteiger partial charge in [-0.1, -0.05) is 23.7 Å². The van der Waals surface area contributed by atoms with Gasteiger partial charge >= 0.3 is 0 Å². The van der Waals surface area contributed by atoms with E-state index in [0.29, 0.717) is 12.6 Å². The molecule has 3 aromatic rings. The van der Waals surface area contributed by atoms with Crippen molar-refractivity contribution >= 4 is 47.2 Å². The third-order valence-corrected chi connectivity index (χ3v) is 5.28. The molecule has 1 saturated heterocycles. The topological polar surface area (TPSA) is 70.4 Å². The summed E-state index contributed by atoms with van der Waals surface area (Å²) in [5, 5.41) is 7.68. The second kappa shape index (κ2) is 11.3. The van der Waals surface area contributed by atoms with Crippen LogP contribution in [0.2, 0.25) is 5.02 Å². The Balaban J connectivity index is 0.00000272. The van der Waals surface area contributed by atoms with Crippen LogP contribution in [0.15, 0.2) is 66.3 Å². The van der Waals surface area contributed by atoms with Crippen molar-refractivity contribution in [2.45, 2.75) is 25.9 Å². The number of hydrogen-bond acceptors (Lipinski definition) is 4. The van der Waals surface area contributed by atoms with E-state index in [1.165, 1.54) is 0 Å². The van der Waals surface area contributed by atoms with Crippen LogP contribution < -0.4 is 15.5 Å². The summed E-state index contributed by atoms with van der Waals surface area (Å²) >= 11 is 6.14. The third kappa shape index (κ3) is 6.33. The number of pyridine rings is 1. The van der Waals surface area contributed by atoms with E-state index in [4.69, 9.17) is 16.6 Å². The van der Waals surface area contributed by atoms with Gasteiger partial charge in [-0.3, -0.25) is 4.57 Å². The first-order valence-electron chi connectivity index (χ1n) is 10.2. The van der Waals surface area contributed by atoms with Crippen LogP contribution in [0, 0.1) is 0 Å². The summed E-state index contributed by atoms with van der Waals surface area (Å²) in [6.45, 7) is 5.38. The molecule has 0 saturated carbocycles. The molecule has 1 fully saturated rings. The molecule has 1 atom stereocenters. The number of aliphatic imine (C=N–C) groups is 1. The number of nitrogens with one attached hydrogen (secondary N) is 2. The third-order valence-electron chi connectivity index (χ3n) is 5.04. The smallest absolute Gasteiger partial charge is 0.191 e. The first kappa shape index (κ1) is 23.3. The SMILES string of the molecule is CCNC(=NCc1ccc(-n2ccnc2)nc1)NC1CCN(c2cccc(Cl)c2)C1.I. The van der Waals surface area contributed by atoms with E-state index in [2.05, 4.69) is 38.5 Å². The van der Waals surface area contributed by atoms with Crippen molar-refractivity contribution in [1.82, 2.24) is 25.2 Å². The lowest BCUT2D eigenvalue weighted by Gasteiger charge is -2.20. The van der Waals surface area contributed by atoms with E-state index in [1.54, 1.807) is 12.5 Å². The predicted molar refractivity (Wildman–Crippen MR) is 137 cm³/mol. The molecule has 0 aliphatic carbocycles. The molecule has 1 unspecified atom stereocenters. The number of guanidine groups is 1. The number of nitrogens with zero attached hydrogens (tertiary/aromatic N) is 5. The fourth-order valence-corrected chi connectivity index (χ4v) is 3.71. The lowest BCUT2D eigenvalue weighted by atomic mass is 10.2. The van der Waals surface area contributed by atoms with E-state index in [1.807, 2.05) is 47.3 Å². The Labute approximate surface area is 205 Å². The Morgan fingerprint density at radius 1 is 1.29 bits per heavy atom. The molecule has 0 radical (unpaired) electrons. The molecule has 4 rings (SSSR count). The van der Waals surface area contributed by atoms with Crippen LogP contribution >= 0.6 is 35.6 Å². The zero-order valence-corrected chi connectivity index (χ0v) is 20.5. The minimum Gasteiger partial charge on any atom is -0.369 e. The van der Waals surface area contributed by atoms with Crippen LogP contribution in [0.4, 0.5) is 5.69 Å². The number of halogens is 2. The van der Waals surface area contributed by atoms with Gasteiger partial charge in [-0.25, -0.2) is 15.0 Å². The maximum atomic E-state index is 6.14. The van der Waals surface area contributed by atoms with Crippen molar-refractivity contribution in [2.75, 3.05) is 24.5 Å². The van der Waals surface area contributed by atoms with Gasteiger partial charge in [0.05, 0.1) is 6.54 Å². The highest BCUT2D eigenvalue weighted by Crippen LogP contribution is 2.23. The van der Waals surface area contributed by atoms with E-state index < -0.39 is 0 Å². The van der Waals surface area contributed by atoms with Crippen LogP contribution in [-0.4, -0.2) is 46.2 Å². The molecule has 1 aliphatic rings. The average molecular weight is 552 g/mol.